The summed E-state index contributed by atoms with van der Waals surface area (Å²) in [5, 5.41) is 7.16. The smallest absolute Gasteiger partial charge is 0.258 e. The Bertz CT molecular complexity index is 712. The average molecular weight is 347 g/mol. The Morgan fingerprint density at radius 3 is 2.60 bits per heavy atom. The Kier molecular flexibility index (Phi) is 6.68. The maximum atomic E-state index is 12.4. The number of carbonyl (C=O) groups is 1. The van der Waals surface area contributed by atoms with E-state index < -0.39 is 0 Å². The lowest BCUT2D eigenvalue weighted by Gasteiger charge is -2.10. The van der Waals surface area contributed by atoms with Gasteiger partial charge in [0.05, 0.1) is 20.8 Å². The molecule has 1 aromatic carbocycles. The van der Waals surface area contributed by atoms with Crippen molar-refractivity contribution < 1.29 is 19.0 Å². The van der Waals surface area contributed by atoms with Crippen LogP contribution in [0.2, 0.25) is 0 Å². The second-order valence-electron chi connectivity index (χ2n) is 5.33. The first-order valence-electron chi connectivity index (χ1n) is 8.32. The molecule has 0 bridgehead atoms. The maximum absolute atomic E-state index is 12.4. The summed E-state index contributed by atoms with van der Waals surface area (Å²) in [7, 11) is 3.20. The van der Waals surface area contributed by atoms with Crippen molar-refractivity contribution in [1.29, 1.82) is 0 Å². The SMILES string of the molecule is CCOc1nn(CC)cc1C(=O)NCCc1ccc(OC)c(OC)c1. The van der Waals surface area contributed by atoms with Gasteiger partial charge >= 0.3 is 0 Å². The largest absolute Gasteiger partial charge is 0.493 e. The van der Waals surface area contributed by atoms with Crippen LogP contribution in [0, 0.1) is 0 Å². The van der Waals surface area contributed by atoms with E-state index in [2.05, 4.69) is 10.4 Å². The van der Waals surface area contributed by atoms with Crippen molar-refractivity contribution in [3.05, 3.63) is 35.5 Å². The van der Waals surface area contributed by atoms with Crippen LogP contribution in [0.4, 0.5) is 0 Å². The lowest BCUT2D eigenvalue weighted by molar-refractivity contribution is 0.0950. The van der Waals surface area contributed by atoms with Crippen LogP contribution in [-0.4, -0.2) is 43.1 Å². The maximum Gasteiger partial charge on any atom is 0.258 e. The van der Waals surface area contributed by atoms with E-state index in [-0.39, 0.29) is 5.91 Å². The molecule has 1 heterocycles. The fourth-order valence-corrected chi connectivity index (χ4v) is 2.42. The number of methoxy groups -OCH3 is 2. The normalized spacial score (nSPS) is 10.4. The zero-order valence-electron chi connectivity index (χ0n) is 15.2. The highest BCUT2D eigenvalue weighted by Gasteiger charge is 2.17. The van der Waals surface area contributed by atoms with Crippen LogP contribution in [0.15, 0.2) is 24.4 Å². The van der Waals surface area contributed by atoms with E-state index in [0.717, 1.165) is 5.56 Å². The van der Waals surface area contributed by atoms with Crippen molar-refractivity contribution in [2.24, 2.45) is 0 Å². The van der Waals surface area contributed by atoms with Crippen molar-refractivity contribution in [3.63, 3.8) is 0 Å². The molecule has 2 rings (SSSR count). The molecule has 7 nitrogen and oxygen atoms in total. The molecular formula is C18H25N3O4. The second-order valence-corrected chi connectivity index (χ2v) is 5.33. The summed E-state index contributed by atoms with van der Waals surface area (Å²) in [6, 6.07) is 5.72. The first-order valence-corrected chi connectivity index (χ1v) is 8.32. The minimum atomic E-state index is -0.191. The van der Waals surface area contributed by atoms with Gasteiger partial charge in [0.2, 0.25) is 5.88 Å². The van der Waals surface area contributed by atoms with Gasteiger partial charge < -0.3 is 19.5 Å². The van der Waals surface area contributed by atoms with Crippen molar-refractivity contribution in [2.75, 3.05) is 27.4 Å². The summed E-state index contributed by atoms with van der Waals surface area (Å²) >= 11 is 0. The molecule has 0 aliphatic carbocycles. The zero-order chi connectivity index (χ0) is 18.2. The fourth-order valence-electron chi connectivity index (χ4n) is 2.42. The van der Waals surface area contributed by atoms with E-state index in [1.807, 2.05) is 32.0 Å². The number of aromatic nitrogens is 2. The van der Waals surface area contributed by atoms with E-state index in [4.69, 9.17) is 14.2 Å². The van der Waals surface area contributed by atoms with E-state index >= 15 is 0 Å². The van der Waals surface area contributed by atoms with Crippen LogP contribution in [0.1, 0.15) is 29.8 Å². The summed E-state index contributed by atoms with van der Waals surface area (Å²) in [5.74, 6) is 1.54. The van der Waals surface area contributed by atoms with Gasteiger partial charge in [0, 0.05) is 19.3 Å². The summed E-state index contributed by atoms with van der Waals surface area (Å²) in [4.78, 5) is 12.4. The molecule has 2 aromatic rings. The second kappa shape index (κ2) is 8.96. The Hall–Kier alpha value is -2.70. The first-order chi connectivity index (χ1) is 12.1. The molecule has 0 aliphatic heterocycles. The average Bonchev–Trinajstić information content (AvgIpc) is 3.05. The van der Waals surface area contributed by atoms with Gasteiger partial charge in [-0.15, -0.1) is 5.10 Å². The van der Waals surface area contributed by atoms with E-state index in [1.165, 1.54) is 0 Å². The molecule has 0 unspecified atom stereocenters. The molecule has 7 heteroatoms. The molecule has 1 aromatic heterocycles. The molecule has 0 spiro atoms. The third kappa shape index (κ3) is 4.65. The summed E-state index contributed by atoms with van der Waals surface area (Å²) in [5.41, 5.74) is 1.50. The van der Waals surface area contributed by atoms with E-state index in [0.29, 0.717) is 49.1 Å². The number of benzene rings is 1. The van der Waals surface area contributed by atoms with Crippen molar-refractivity contribution >= 4 is 5.91 Å². The van der Waals surface area contributed by atoms with Crippen LogP contribution >= 0.6 is 0 Å². The molecule has 0 fully saturated rings. The fraction of sp³-hybridized carbons (Fsp3) is 0.444. The Morgan fingerprint density at radius 1 is 1.20 bits per heavy atom. The molecular weight excluding hydrogens is 322 g/mol. The van der Waals surface area contributed by atoms with E-state index in [9.17, 15) is 4.79 Å². The predicted molar refractivity (Wildman–Crippen MR) is 94.7 cm³/mol. The highest BCUT2D eigenvalue weighted by molar-refractivity contribution is 5.96. The summed E-state index contributed by atoms with van der Waals surface area (Å²) < 4.78 is 17.6. The zero-order valence-corrected chi connectivity index (χ0v) is 15.2. The lowest BCUT2D eigenvalue weighted by atomic mass is 10.1. The number of rotatable bonds is 9. The number of nitrogens with zero attached hydrogens (tertiary/aromatic N) is 2. The molecule has 0 saturated heterocycles. The molecule has 136 valence electrons. The third-order valence-corrected chi connectivity index (χ3v) is 3.72. The van der Waals surface area contributed by atoms with Crippen molar-refractivity contribution in [3.8, 4) is 17.4 Å². The highest BCUT2D eigenvalue weighted by Crippen LogP contribution is 2.27. The molecule has 0 saturated carbocycles. The third-order valence-electron chi connectivity index (χ3n) is 3.72. The monoisotopic (exact) mass is 347 g/mol. The summed E-state index contributed by atoms with van der Waals surface area (Å²) in [6.45, 7) is 5.47. The standard InChI is InChI=1S/C18H25N3O4/c1-5-21-12-14(18(20-21)25-6-2)17(22)19-10-9-13-7-8-15(23-3)16(11-13)24-4/h7-8,11-12H,5-6,9-10H2,1-4H3,(H,19,22). The Balaban J connectivity index is 1.97. The number of amides is 1. The number of aryl methyl sites for hydroxylation is 1. The van der Waals surface area contributed by atoms with Crippen LogP contribution < -0.4 is 19.5 Å². The van der Waals surface area contributed by atoms with Crippen LogP contribution in [0.25, 0.3) is 0 Å². The van der Waals surface area contributed by atoms with Gasteiger partial charge in [-0.25, -0.2) is 0 Å². The van der Waals surface area contributed by atoms with Gasteiger partial charge in [-0.2, -0.15) is 0 Å². The van der Waals surface area contributed by atoms with Gasteiger partial charge in [-0.1, -0.05) is 6.07 Å². The molecule has 25 heavy (non-hydrogen) atoms. The topological polar surface area (TPSA) is 74.6 Å². The molecule has 1 N–H and O–H groups in total. The molecule has 1 amide bonds. The molecule has 0 aliphatic rings. The Morgan fingerprint density at radius 2 is 1.96 bits per heavy atom. The molecule has 0 atom stereocenters. The number of carbonyl (C=O) groups excluding carboxylic acids is 1. The minimum Gasteiger partial charge on any atom is -0.493 e. The lowest BCUT2D eigenvalue weighted by Crippen LogP contribution is -2.25. The number of nitrogens with one attached hydrogen (secondary N) is 1. The number of hydrogen-bond donors (Lipinski definition) is 1. The van der Waals surface area contributed by atoms with Crippen LogP contribution in [-0.2, 0) is 13.0 Å². The minimum absolute atomic E-state index is 0.191. The van der Waals surface area contributed by atoms with Gasteiger partial charge in [0.1, 0.15) is 5.56 Å². The number of hydrogen-bond acceptors (Lipinski definition) is 5. The van der Waals surface area contributed by atoms with Crippen molar-refractivity contribution in [1.82, 2.24) is 15.1 Å². The highest BCUT2D eigenvalue weighted by atomic mass is 16.5. The number of ether oxygens (including phenoxy) is 3. The quantitative estimate of drug-likeness (QED) is 0.753. The van der Waals surface area contributed by atoms with Gasteiger partial charge in [-0.3, -0.25) is 9.48 Å². The van der Waals surface area contributed by atoms with Gasteiger partial charge in [0.25, 0.3) is 5.91 Å². The molecule has 0 radical (unpaired) electrons. The van der Waals surface area contributed by atoms with Crippen LogP contribution in [0.3, 0.4) is 0 Å². The first kappa shape index (κ1) is 18.6. The van der Waals surface area contributed by atoms with E-state index in [1.54, 1.807) is 25.1 Å². The predicted octanol–water partition coefficient (Wildman–Crippen LogP) is 2.29. The van der Waals surface area contributed by atoms with Gasteiger partial charge in [-0.05, 0) is 38.0 Å². The van der Waals surface area contributed by atoms with Gasteiger partial charge in [0.15, 0.2) is 11.5 Å². The Labute approximate surface area is 147 Å². The summed E-state index contributed by atoms with van der Waals surface area (Å²) in [6.07, 6.45) is 2.38. The van der Waals surface area contributed by atoms with Crippen molar-refractivity contribution in [2.45, 2.75) is 26.8 Å². The van der Waals surface area contributed by atoms with Crippen LogP contribution in [0.5, 0.6) is 17.4 Å².